The van der Waals surface area contributed by atoms with Crippen LogP contribution in [-0.2, 0) is 0 Å². The molecule has 0 aromatic heterocycles. The fourth-order valence-electron chi connectivity index (χ4n) is 0.0900. The number of alkyl halides is 2. The van der Waals surface area contributed by atoms with Gasteiger partial charge < -0.3 is 5.11 Å². The molecule has 0 aliphatic heterocycles. The first-order valence-electron chi connectivity index (χ1n) is 1.65. The molecule has 6 heavy (non-hydrogen) atoms. The fourth-order valence-corrected chi connectivity index (χ4v) is 0.263. The monoisotopic (exact) mass is 156 g/mol. The van der Waals surface area contributed by atoms with Crippen molar-refractivity contribution in [2.45, 2.75) is 11.4 Å². The lowest BCUT2D eigenvalue weighted by Gasteiger charge is -1.91. The van der Waals surface area contributed by atoms with Gasteiger partial charge in [0.1, 0.15) is 5.01 Å². The topological polar surface area (TPSA) is 20.2 Å². The quantitative estimate of drug-likeness (QED) is 0.594. The zero-order valence-electron chi connectivity index (χ0n) is 3.19. The number of aliphatic hydroxyl groups is 1. The third-order valence-electron chi connectivity index (χ3n) is 0.347. The summed E-state index contributed by atoms with van der Waals surface area (Å²) in [5, 5.41) is 7.56. The Kier molecular flexibility index (Phi) is 3.78. The second kappa shape index (κ2) is 3.56. The van der Waals surface area contributed by atoms with Crippen LogP contribution < -0.4 is 0 Å². The minimum atomic E-state index is -0.664. The molecule has 1 atom stereocenters. The van der Waals surface area contributed by atoms with Crippen LogP contribution in [0, 0.1) is 0 Å². The zero-order chi connectivity index (χ0) is 4.99. The molecule has 0 aromatic rings. The largest absolute Gasteiger partial charge is 0.382 e. The van der Waals surface area contributed by atoms with Crippen LogP contribution in [-0.4, -0.2) is 16.8 Å². The van der Waals surface area contributed by atoms with Crippen molar-refractivity contribution in [3.8, 4) is 0 Å². The lowest BCUT2D eigenvalue weighted by atomic mass is 10.5. The summed E-state index contributed by atoms with van der Waals surface area (Å²) in [5.41, 5.74) is 0. The lowest BCUT2D eigenvalue weighted by Crippen LogP contribution is -1.93. The molecule has 0 radical (unpaired) electrons. The maximum absolute atomic E-state index is 11.1. The predicted octanol–water partition coefficient (Wildman–Crippen LogP) is 1.06. The molecule has 0 rings (SSSR count). The van der Waals surface area contributed by atoms with Crippen LogP contribution in [0.1, 0.15) is 6.42 Å². The van der Waals surface area contributed by atoms with Gasteiger partial charge in [0.15, 0.2) is 0 Å². The van der Waals surface area contributed by atoms with Crippen molar-refractivity contribution in [1.82, 2.24) is 0 Å². The van der Waals surface area contributed by atoms with E-state index < -0.39 is 11.7 Å². The average molecular weight is 157 g/mol. The van der Waals surface area contributed by atoms with Crippen LogP contribution >= 0.6 is 15.9 Å². The Morgan fingerprint density at radius 2 is 2.33 bits per heavy atom. The van der Waals surface area contributed by atoms with E-state index in [4.69, 9.17) is 5.11 Å². The summed E-state index contributed by atoms with van der Waals surface area (Å²) in [7, 11) is 0. The molecular formula is C3H6BrFO. The van der Waals surface area contributed by atoms with Crippen LogP contribution in [0.5, 0.6) is 0 Å². The van der Waals surface area contributed by atoms with Crippen molar-refractivity contribution >= 4 is 15.9 Å². The molecule has 38 valence electrons. The molecule has 1 nitrogen and oxygen atoms in total. The normalized spacial score (nSPS) is 14.5. The van der Waals surface area contributed by atoms with Gasteiger partial charge in [-0.3, -0.25) is 4.39 Å². The Labute approximate surface area is 44.3 Å². The summed E-state index contributed by atoms with van der Waals surface area (Å²) in [6.07, 6.45) is 0.181. The molecule has 1 unspecified atom stereocenters. The molecule has 3 heteroatoms. The van der Waals surface area contributed by atoms with E-state index in [0.717, 1.165) is 0 Å². The first kappa shape index (κ1) is 6.37. The van der Waals surface area contributed by atoms with Crippen LogP contribution in [0.15, 0.2) is 0 Å². The predicted molar refractivity (Wildman–Crippen MR) is 25.5 cm³/mol. The molecule has 0 saturated heterocycles. The SMILES string of the molecule is OC(Br)CCF. The highest BCUT2D eigenvalue weighted by molar-refractivity contribution is 9.09. The molecule has 0 spiro atoms. The summed E-state index contributed by atoms with van der Waals surface area (Å²) in [6.45, 7) is -0.466. The Hall–Kier alpha value is 0.370. The van der Waals surface area contributed by atoms with Gasteiger partial charge in [-0.05, 0) is 0 Å². The third kappa shape index (κ3) is 4.37. The van der Waals surface area contributed by atoms with Gasteiger partial charge in [0.25, 0.3) is 0 Å². The molecule has 0 aliphatic rings. The highest BCUT2D eigenvalue weighted by Gasteiger charge is 1.92. The summed E-state index contributed by atoms with van der Waals surface area (Å²) >= 11 is 2.75. The third-order valence-corrected chi connectivity index (χ3v) is 0.805. The first-order valence-corrected chi connectivity index (χ1v) is 2.57. The summed E-state index contributed by atoms with van der Waals surface area (Å²) in [4.78, 5) is 0. The standard InChI is InChI=1S/C3H6BrFO/c4-3(6)1-2-5/h3,6H,1-2H2. The van der Waals surface area contributed by atoms with Crippen molar-refractivity contribution in [1.29, 1.82) is 0 Å². The van der Waals surface area contributed by atoms with E-state index in [-0.39, 0.29) is 6.42 Å². The summed E-state index contributed by atoms with van der Waals surface area (Å²) < 4.78 is 11.1. The van der Waals surface area contributed by atoms with Crippen LogP contribution in [0.2, 0.25) is 0 Å². The summed E-state index contributed by atoms with van der Waals surface area (Å²) in [5.74, 6) is 0. The fraction of sp³-hybridized carbons (Fsp3) is 1.00. The van der Waals surface area contributed by atoms with E-state index in [0.29, 0.717) is 0 Å². The molecule has 1 N–H and O–H groups in total. The molecule has 0 heterocycles. The second-order valence-electron chi connectivity index (χ2n) is 0.912. The number of hydrogen-bond acceptors (Lipinski definition) is 1. The Morgan fingerprint density at radius 3 is 2.33 bits per heavy atom. The van der Waals surface area contributed by atoms with E-state index in [1.807, 2.05) is 0 Å². The van der Waals surface area contributed by atoms with Gasteiger partial charge in [-0.25, -0.2) is 0 Å². The minimum absolute atomic E-state index is 0.181. The van der Waals surface area contributed by atoms with Gasteiger partial charge in [0.2, 0.25) is 0 Å². The van der Waals surface area contributed by atoms with Gasteiger partial charge >= 0.3 is 0 Å². The van der Waals surface area contributed by atoms with Gasteiger partial charge in [-0.2, -0.15) is 0 Å². The number of halogens is 2. The highest BCUT2D eigenvalue weighted by atomic mass is 79.9. The van der Waals surface area contributed by atoms with Gasteiger partial charge in [-0.15, -0.1) is 0 Å². The highest BCUT2D eigenvalue weighted by Crippen LogP contribution is 1.98. The van der Waals surface area contributed by atoms with Crippen LogP contribution in [0.4, 0.5) is 4.39 Å². The Morgan fingerprint density at radius 1 is 1.83 bits per heavy atom. The van der Waals surface area contributed by atoms with Crippen LogP contribution in [0.3, 0.4) is 0 Å². The molecule has 0 aliphatic carbocycles. The van der Waals surface area contributed by atoms with E-state index in [1.54, 1.807) is 0 Å². The van der Waals surface area contributed by atoms with E-state index in [1.165, 1.54) is 0 Å². The van der Waals surface area contributed by atoms with Crippen molar-refractivity contribution < 1.29 is 9.50 Å². The van der Waals surface area contributed by atoms with E-state index in [2.05, 4.69) is 15.9 Å². The molecule has 0 bridgehead atoms. The van der Waals surface area contributed by atoms with Gasteiger partial charge in [-0.1, -0.05) is 15.9 Å². The Bertz CT molecular complexity index is 32.0. The zero-order valence-corrected chi connectivity index (χ0v) is 4.78. The summed E-state index contributed by atoms with van der Waals surface area (Å²) in [6, 6.07) is 0. The molecular weight excluding hydrogens is 151 g/mol. The number of aliphatic hydroxyl groups excluding tert-OH is 1. The molecule has 0 aromatic carbocycles. The second-order valence-corrected chi connectivity index (χ2v) is 1.97. The van der Waals surface area contributed by atoms with Crippen molar-refractivity contribution in [3.63, 3.8) is 0 Å². The lowest BCUT2D eigenvalue weighted by molar-refractivity contribution is 0.242. The molecule has 0 fully saturated rings. The first-order chi connectivity index (χ1) is 2.77. The smallest absolute Gasteiger partial charge is 0.111 e. The maximum Gasteiger partial charge on any atom is 0.111 e. The number of hydrogen-bond donors (Lipinski definition) is 1. The Balaban J connectivity index is 2.63. The minimum Gasteiger partial charge on any atom is -0.382 e. The van der Waals surface area contributed by atoms with Crippen molar-refractivity contribution in [2.75, 3.05) is 6.67 Å². The number of rotatable bonds is 2. The van der Waals surface area contributed by atoms with Gasteiger partial charge in [0, 0.05) is 6.42 Å². The average Bonchev–Trinajstić information content (AvgIpc) is 1.35. The van der Waals surface area contributed by atoms with Gasteiger partial charge in [0.05, 0.1) is 6.67 Å². The molecule has 0 saturated carbocycles. The van der Waals surface area contributed by atoms with E-state index in [9.17, 15) is 4.39 Å². The van der Waals surface area contributed by atoms with Crippen molar-refractivity contribution in [2.24, 2.45) is 0 Å². The molecule has 0 amide bonds. The van der Waals surface area contributed by atoms with Crippen LogP contribution in [0.25, 0.3) is 0 Å². The maximum atomic E-state index is 11.1. The van der Waals surface area contributed by atoms with E-state index >= 15 is 0 Å². The van der Waals surface area contributed by atoms with Crippen molar-refractivity contribution in [3.05, 3.63) is 0 Å².